The summed E-state index contributed by atoms with van der Waals surface area (Å²) in [4.78, 5) is 0. The van der Waals surface area contributed by atoms with Crippen LogP contribution >= 0.6 is 0 Å². The minimum absolute atomic E-state index is 0.540. The number of hydrogen-bond donors (Lipinski definition) is 0. The predicted octanol–water partition coefficient (Wildman–Crippen LogP) is 5.88. The van der Waals surface area contributed by atoms with Crippen molar-refractivity contribution < 1.29 is 9.47 Å². The molecule has 0 unspecified atom stereocenters. The Morgan fingerprint density at radius 3 is 1.60 bits per heavy atom. The molecule has 0 radical (unpaired) electrons. The van der Waals surface area contributed by atoms with Crippen molar-refractivity contribution in [3.8, 4) is 11.5 Å². The molecule has 0 aliphatic carbocycles. The summed E-state index contributed by atoms with van der Waals surface area (Å²) in [6.45, 7) is 3.08. The maximum atomic E-state index is 5.96. The topological polar surface area (TPSA) is 18.5 Å². The van der Waals surface area contributed by atoms with Crippen molar-refractivity contribution in [1.82, 2.24) is 0 Å². The second-order valence-corrected chi connectivity index (χ2v) is 5.79. The van der Waals surface area contributed by atoms with Crippen LogP contribution in [0.3, 0.4) is 0 Å². The molecule has 0 aromatic heterocycles. The van der Waals surface area contributed by atoms with Gasteiger partial charge in [0.1, 0.15) is 24.7 Å². The van der Waals surface area contributed by atoms with E-state index in [1.54, 1.807) is 0 Å². The van der Waals surface area contributed by atoms with E-state index in [1.807, 2.05) is 73.7 Å². The highest BCUT2D eigenvalue weighted by molar-refractivity contribution is 5.55. The van der Waals surface area contributed by atoms with Gasteiger partial charge in [-0.05, 0) is 35.7 Å². The molecule has 0 amide bonds. The quantitative estimate of drug-likeness (QED) is 0.539. The smallest absolute Gasteiger partial charge is 0.124 e. The average molecular weight is 330 g/mol. The molecule has 2 heteroatoms. The average Bonchev–Trinajstić information content (AvgIpc) is 2.67. The third-order valence-corrected chi connectivity index (χ3v) is 3.76. The van der Waals surface area contributed by atoms with Gasteiger partial charge in [-0.2, -0.15) is 0 Å². The molecule has 3 aromatic carbocycles. The van der Waals surface area contributed by atoms with E-state index in [-0.39, 0.29) is 0 Å². The van der Waals surface area contributed by atoms with Crippen LogP contribution in [0.25, 0.3) is 6.08 Å². The lowest BCUT2D eigenvalue weighted by Crippen LogP contribution is -1.98. The van der Waals surface area contributed by atoms with Crippen molar-refractivity contribution in [2.45, 2.75) is 20.1 Å². The highest BCUT2D eigenvalue weighted by Gasteiger charge is 2.03. The third-order valence-electron chi connectivity index (χ3n) is 3.76. The molecule has 0 aliphatic rings. The van der Waals surface area contributed by atoms with Crippen molar-refractivity contribution in [3.63, 3.8) is 0 Å². The second-order valence-electron chi connectivity index (χ2n) is 5.79. The van der Waals surface area contributed by atoms with Gasteiger partial charge in [-0.15, -0.1) is 0 Å². The van der Waals surface area contributed by atoms with Crippen molar-refractivity contribution in [1.29, 1.82) is 0 Å². The number of benzene rings is 3. The largest absolute Gasteiger partial charge is 0.489 e. The molecule has 2 nitrogen and oxygen atoms in total. The summed E-state index contributed by atoms with van der Waals surface area (Å²) in [6.07, 6.45) is 4.06. The van der Waals surface area contributed by atoms with Gasteiger partial charge in [0.25, 0.3) is 0 Å². The standard InChI is InChI=1S/C23H22O2/c1-2-9-21-14-22(24-17-19-10-5-3-6-11-19)16-23(15-21)25-18-20-12-7-4-8-13-20/h2-16H,17-18H2,1H3. The first kappa shape index (κ1) is 16.8. The van der Waals surface area contributed by atoms with Crippen molar-refractivity contribution >= 4 is 6.08 Å². The van der Waals surface area contributed by atoms with Crippen LogP contribution in [0.1, 0.15) is 23.6 Å². The molecule has 0 N–H and O–H groups in total. The van der Waals surface area contributed by atoms with Crippen LogP contribution in [-0.2, 0) is 13.2 Å². The van der Waals surface area contributed by atoms with E-state index < -0.39 is 0 Å². The number of allylic oxidation sites excluding steroid dienone is 1. The van der Waals surface area contributed by atoms with Crippen molar-refractivity contribution in [2.75, 3.05) is 0 Å². The van der Waals surface area contributed by atoms with Crippen LogP contribution < -0.4 is 9.47 Å². The molecule has 25 heavy (non-hydrogen) atoms. The molecule has 0 saturated heterocycles. The van der Waals surface area contributed by atoms with Crippen LogP contribution in [0.2, 0.25) is 0 Å². The third kappa shape index (κ3) is 5.25. The number of hydrogen-bond acceptors (Lipinski definition) is 2. The van der Waals surface area contributed by atoms with Crippen LogP contribution in [0.4, 0.5) is 0 Å². The van der Waals surface area contributed by atoms with Gasteiger partial charge in [-0.1, -0.05) is 72.8 Å². The predicted molar refractivity (Wildman–Crippen MR) is 103 cm³/mol. The molecule has 0 spiro atoms. The molecule has 0 atom stereocenters. The van der Waals surface area contributed by atoms with Crippen molar-refractivity contribution in [3.05, 3.63) is 102 Å². The molecular formula is C23H22O2. The zero-order chi connectivity index (χ0) is 17.3. The van der Waals surface area contributed by atoms with Crippen LogP contribution in [0.15, 0.2) is 84.9 Å². The van der Waals surface area contributed by atoms with E-state index >= 15 is 0 Å². The summed E-state index contributed by atoms with van der Waals surface area (Å²) < 4.78 is 11.9. The monoisotopic (exact) mass is 330 g/mol. The van der Waals surface area contributed by atoms with Crippen LogP contribution in [0.5, 0.6) is 11.5 Å². The highest BCUT2D eigenvalue weighted by atomic mass is 16.5. The first-order chi connectivity index (χ1) is 12.3. The molecule has 3 rings (SSSR count). The molecule has 0 bridgehead atoms. The normalized spacial score (nSPS) is 10.8. The molecule has 0 aliphatic heterocycles. The Kier molecular flexibility index (Phi) is 5.89. The zero-order valence-electron chi connectivity index (χ0n) is 14.4. The molecule has 0 fully saturated rings. The summed E-state index contributed by atoms with van der Waals surface area (Å²) in [5.74, 6) is 1.62. The van der Waals surface area contributed by atoms with Gasteiger partial charge in [0.2, 0.25) is 0 Å². The highest BCUT2D eigenvalue weighted by Crippen LogP contribution is 2.25. The van der Waals surface area contributed by atoms with Crippen LogP contribution in [0, 0.1) is 0 Å². The van der Waals surface area contributed by atoms with E-state index in [1.165, 1.54) is 0 Å². The van der Waals surface area contributed by atoms with Gasteiger partial charge >= 0.3 is 0 Å². The molecule has 0 heterocycles. The fourth-order valence-electron chi connectivity index (χ4n) is 2.53. The minimum atomic E-state index is 0.540. The van der Waals surface area contributed by atoms with Crippen LogP contribution in [-0.4, -0.2) is 0 Å². The fourth-order valence-corrected chi connectivity index (χ4v) is 2.53. The Morgan fingerprint density at radius 1 is 0.680 bits per heavy atom. The SMILES string of the molecule is CC=Cc1cc(OCc2ccccc2)cc(OCc2ccccc2)c1. The second kappa shape index (κ2) is 8.74. The van der Waals surface area contributed by atoms with Gasteiger partial charge in [0, 0.05) is 6.07 Å². The molecule has 3 aromatic rings. The van der Waals surface area contributed by atoms with Gasteiger partial charge in [0.05, 0.1) is 0 Å². The maximum Gasteiger partial charge on any atom is 0.124 e. The lowest BCUT2D eigenvalue weighted by molar-refractivity contribution is 0.290. The lowest BCUT2D eigenvalue weighted by atomic mass is 10.2. The van der Waals surface area contributed by atoms with Gasteiger partial charge in [-0.3, -0.25) is 0 Å². The first-order valence-electron chi connectivity index (χ1n) is 8.45. The van der Waals surface area contributed by atoms with E-state index in [4.69, 9.17) is 9.47 Å². The molecular weight excluding hydrogens is 308 g/mol. The zero-order valence-corrected chi connectivity index (χ0v) is 14.4. The Balaban J connectivity index is 1.72. The fraction of sp³-hybridized carbons (Fsp3) is 0.130. The minimum Gasteiger partial charge on any atom is -0.489 e. The Labute approximate surface area is 149 Å². The lowest BCUT2D eigenvalue weighted by Gasteiger charge is -2.11. The van der Waals surface area contributed by atoms with E-state index in [2.05, 4.69) is 24.3 Å². The number of rotatable bonds is 7. The Hall–Kier alpha value is -3.00. The Bertz CT molecular complexity index is 746. The molecule has 126 valence electrons. The Morgan fingerprint density at radius 2 is 1.16 bits per heavy atom. The van der Waals surface area contributed by atoms with Crippen molar-refractivity contribution in [2.24, 2.45) is 0 Å². The number of ether oxygens (including phenoxy) is 2. The van der Waals surface area contributed by atoms with E-state index in [0.29, 0.717) is 13.2 Å². The summed E-state index contributed by atoms with van der Waals surface area (Å²) >= 11 is 0. The summed E-state index contributed by atoms with van der Waals surface area (Å²) in [5.41, 5.74) is 3.35. The van der Waals surface area contributed by atoms with E-state index in [0.717, 1.165) is 28.2 Å². The summed E-state index contributed by atoms with van der Waals surface area (Å²) in [6, 6.07) is 26.3. The van der Waals surface area contributed by atoms with Gasteiger partial charge in [-0.25, -0.2) is 0 Å². The van der Waals surface area contributed by atoms with Gasteiger partial charge in [0.15, 0.2) is 0 Å². The van der Waals surface area contributed by atoms with E-state index in [9.17, 15) is 0 Å². The summed E-state index contributed by atoms with van der Waals surface area (Å²) in [5, 5.41) is 0. The summed E-state index contributed by atoms with van der Waals surface area (Å²) in [7, 11) is 0. The van der Waals surface area contributed by atoms with Gasteiger partial charge < -0.3 is 9.47 Å². The molecule has 0 saturated carbocycles. The maximum absolute atomic E-state index is 5.96. The first-order valence-corrected chi connectivity index (χ1v) is 8.45.